The molecule has 5 heteroatoms. The molecule has 0 saturated carbocycles. The van der Waals surface area contributed by atoms with Gasteiger partial charge in [-0.15, -0.1) is 0 Å². The molecule has 0 aromatic heterocycles. The maximum Gasteiger partial charge on any atom is 0.298 e. The Morgan fingerprint density at radius 3 is 2.05 bits per heavy atom. The summed E-state index contributed by atoms with van der Waals surface area (Å²) in [7, 11) is -4.45. The fourth-order valence-electron chi connectivity index (χ4n) is 2.75. The van der Waals surface area contributed by atoms with E-state index >= 15 is 0 Å². The molecule has 0 heterocycles. The lowest BCUT2D eigenvalue weighted by atomic mass is 9.72. The molecule has 2 N–H and O–H groups in total. The van der Waals surface area contributed by atoms with Gasteiger partial charge in [-0.3, -0.25) is 4.55 Å². The predicted octanol–water partition coefficient (Wildman–Crippen LogP) is 3.35. The normalized spacial score (nSPS) is 13.6. The highest BCUT2D eigenvalue weighted by Gasteiger charge is 2.33. The van der Waals surface area contributed by atoms with E-state index < -0.39 is 21.3 Å². The molecule has 1 aromatic rings. The van der Waals surface area contributed by atoms with Crippen molar-refractivity contribution in [3.8, 4) is 5.75 Å². The molecule has 108 valence electrons. The number of phenolic OH excluding ortho intramolecular Hbond substituents is 1. The van der Waals surface area contributed by atoms with Crippen molar-refractivity contribution in [1.82, 2.24) is 0 Å². The summed E-state index contributed by atoms with van der Waals surface area (Å²) >= 11 is 0. The van der Waals surface area contributed by atoms with Gasteiger partial charge in [0.2, 0.25) is 0 Å². The van der Waals surface area contributed by atoms with Crippen LogP contribution in [0.1, 0.15) is 46.6 Å². The Kier molecular flexibility index (Phi) is 4.04. The summed E-state index contributed by atoms with van der Waals surface area (Å²) in [4.78, 5) is -0.385. The van der Waals surface area contributed by atoms with E-state index in [1.807, 2.05) is 13.8 Å². The second kappa shape index (κ2) is 4.80. The molecule has 0 bridgehead atoms. The molecule has 1 aromatic carbocycles. The van der Waals surface area contributed by atoms with Gasteiger partial charge in [0.25, 0.3) is 10.1 Å². The van der Waals surface area contributed by atoms with Gasteiger partial charge in [0.15, 0.2) is 0 Å². The van der Waals surface area contributed by atoms with Gasteiger partial charge < -0.3 is 5.11 Å². The Balaban J connectivity index is 3.48. The third kappa shape index (κ3) is 3.94. The first kappa shape index (κ1) is 16.0. The fourth-order valence-corrected chi connectivity index (χ4v) is 3.70. The minimum Gasteiger partial charge on any atom is -0.506 e. The van der Waals surface area contributed by atoms with E-state index in [0.717, 1.165) is 0 Å². The summed E-state index contributed by atoms with van der Waals surface area (Å²) in [5, 5.41) is 9.75. The number of hydrogen-bond acceptors (Lipinski definition) is 3. The van der Waals surface area contributed by atoms with Crippen LogP contribution in [0.15, 0.2) is 23.1 Å². The van der Waals surface area contributed by atoms with E-state index in [0.29, 0.717) is 12.0 Å². The van der Waals surface area contributed by atoms with E-state index in [-0.39, 0.29) is 10.3 Å². The van der Waals surface area contributed by atoms with Crippen LogP contribution in [-0.4, -0.2) is 18.1 Å². The van der Waals surface area contributed by atoms with Gasteiger partial charge in [-0.1, -0.05) is 46.8 Å². The maximum absolute atomic E-state index is 11.5. The summed E-state index contributed by atoms with van der Waals surface area (Å²) in [5.74, 6) is -0.415. The summed E-state index contributed by atoms with van der Waals surface area (Å²) in [6, 6.07) is 4.48. The second-order valence-corrected chi connectivity index (χ2v) is 8.11. The second-order valence-electron chi connectivity index (χ2n) is 6.75. The third-order valence-corrected chi connectivity index (χ3v) is 3.90. The van der Waals surface area contributed by atoms with E-state index in [9.17, 15) is 18.1 Å². The quantitative estimate of drug-likeness (QED) is 0.836. The zero-order valence-electron chi connectivity index (χ0n) is 12.1. The lowest BCUT2D eigenvalue weighted by Crippen LogP contribution is -2.26. The van der Waals surface area contributed by atoms with Crippen molar-refractivity contribution < 1.29 is 18.1 Å². The molecular formula is C14H22O4S. The van der Waals surface area contributed by atoms with Crippen LogP contribution in [0.25, 0.3) is 0 Å². The van der Waals surface area contributed by atoms with Gasteiger partial charge in [0, 0.05) is 0 Å². The first-order valence-electron chi connectivity index (χ1n) is 6.14. The molecule has 0 unspecified atom stereocenters. The number of phenols is 1. The molecule has 0 aliphatic rings. The first-order valence-corrected chi connectivity index (χ1v) is 7.58. The molecular weight excluding hydrogens is 264 g/mol. The third-order valence-electron chi connectivity index (χ3n) is 2.95. The van der Waals surface area contributed by atoms with Gasteiger partial charge in [-0.05, 0) is 28.9 Å². The van der Waals surface area contributed by atoms with Crippen molar-refractivity contribution >= 4 is 10.1 Å². The smallest absolute Gasteiger partial charge is 0.298 e. The lowest BCUT2D eigenvalue weighted by molar-refractivity contribution is 0.279. The Bertz CT molecular complexity index is 566. The van der Waals surface area contributed by atoms with Crippen LogP contribution in [0.2, 0.25) is 0 Å². The number of rotatable bonds is 3. The highest BCUT2D eigenvalue weighted by Crippen LogP contribution is 2.41. The standard InChI is InChI=1S/C14H22O4S/c1-13(2,3)9-14(4,5)10-7-6-8-11(15)12(10)19(16,17)18/h6-8,15H,9H2,1-5H3,(H,16,17,18). The first-order chi connectivity index (χ1) is 8.34. The number of benzene rings is 1. The van der Waals surface area contributed by atoms with Gasteiger partial charge in [0.05, 0.1) is 0 Å². The largest absolute Gasteiger partial charge is 0.506 e. The maximum atomic E-state index is 11.5. The van der Waals surface area contributed by atoms with Gasteiger partial charge in [-0.2, -0.15) is 8.42 Å². The summed E-state index contributed by atoms with van der Waals surface area (Å²) < 4.78 is 32.3. The molecule has 1 rings (SSSR count). The summed E-state index contributed by atoms with van der Waals surface area (Å²) in [5.41, 5.74) is -0.0574. The van der Waals surface area contributed by atoms with Crippen molar-refractivity contribution in [2.75, 3.05) is 0 Å². The van der Waals surface area contributed by atoms with E-state index in [2.05, 4.69) is 20.8 Å². The molecule has 0 spiro atoms. The molecule has 4 nitrogen and oxygen atoms in total. The van der Waals surface area contributed by atoms with Gasteiger partial charge in [-0.25, -0.2) is 0 Å². The molecule has 19 heavy (non-hydrogen) atoms. The minimum absolute atomic E-state index is 0.00848. The lowest BCUT2D eigenvalue weighted by Gasteiger charge is -2.34. The summed E-state index contributed by atoms with van der Waals surface area (Å²) in [6.07, 6.45) is 0.714. The Morgan fingerprint density at radius 1 is 1.11 bits per heavy atom. The van der Waals surface area contributed by atoms with Crippen molar-refractivity contribution in [2.24, 2.45) is 5.41 Å². The Hall–Kier alpha value is -1.07. The average Bonchev–Trinajstić information content (AvgIpc) is 2.11. The Labute approximate surface area is 115 Å². The molecule has 0 radical (unpaired) electrons. The molecule has 0 fully saturated rings. The van der Waals surface area contributed by atoms with E-state index in [1.54, 1.807) is 12.1 Å². The molecule has 0 atom stereocenters. The molecule has 0 saturated heterocycles. The molecule has 0 amide bonds. The van der Waals surface area contributed by atoms with Crippen molar-refractivity contribution in [2.45, 2.75) is 51.3 Å². The highest BCUT2D eigenvalue weighted by atomic mass is 32.2. The van der Waals surface area contributed by atoms with E-state index in [4.69, 9.17) is 0 Å². The van der Waals surface area contributed by atoms with Crippen LogP contribution in [0, 0.1) is 5.41 Å². The highest BCUT2D eigenvalue weighted by molar-refractivity contribution is 7.86. The zero-order chi connectivity index (χ0) is 15.1. The number of hydrogen-bond donors (Lipinski definition) is 2. The van der Waals surface area contributed by atoms with Crippen LogP contribution in [0.5, 0.6) is 5.75 Å². The van der Waals surface area contributed by atoms with Crippen LogP contribution < -0.4 is 0 Å². The summed E-state index contributed by atoms with van der Waals surface area (Å²) in [6.45, 7) is 9.99. The van der Waals surface area contributed by atoms with Crippen LogP contribution in [0.3, 0.4) is 0 Å². The van der Waals surface area contributed by atoms with Crippen LogP contribution >= 0.6 is 0 Å². The fraction of sp³-hybridized carbons (Fsp3) is 0.571. The average molecular weight is 286 g/mol. The van der Waals surface area contributed by atoms with Crippen LogP contribution in [-0.2, 0) is 15.5 Å². The van der Waals surface area contributed by atoms with Crippen molar-refractivity contribution in [3.63, 3.8) is 0 Å². The van der Waals surface area contributed by atoms with Gasteiger partial charge >= 0.3 is 0 Å². The monoisotopic (exact) mass is 286 g/mol. The molecule has 0 aliphatic carbocycles. The minimum atomic E-state index is -4.45. The predicted molar refractivity (Wildman–Crippen MR) is 75.0 cm³/mol. The Morgan fingerprint density at radius 2 is 1.63 bits per heavy atom. The van der Waals surface area contributed by atoms with Gasteiger partial charge in [0.1, 0.15) is 10.6 Å². The number of aromatic hydroxyl groups is 1. The zero-order valence-corrected chi connectivity index (χ0v) is 12.9. The topological polar surface area (TPSA) is 74.6 Å². The van der Waals surface area contributed by atoms with Crippen molar-refractivity contribution in [3.05, 3.63) is 23.8 Å². The molecule has 0 aliphatic heterocycles. The van der Waals surface area contributed by atoms with Crippen molar-refractivity contribution in [1.29, 1.82) is 0 Å². The van der Waals surface area contributed by atoms with E-state index in [1.165, 1.54) is 6.07 Å². The SMILES string of the molecule is CC(C)(C)CC(C)(C)c1cccc(O)c1S(=O)(=O)O. The van der Waals surface area contributed by atoms with Crippen LogP contribution in [0.4, 0.5) is 0 Å².